The van der Waals surface area contributed by atoms with Gasteiger partial charge in [-0.1, -0.05) is 36.9 Å². The molecule has 2 N–H and O–H groups in total. The Balaban J connectivity index is 2.32. The summed E-state index contributed by atoms with van der Waals surface area (Å²) < 4.78 is 15.8. The van der Waals surface area contributed by atoms with E-state index in [2.05, 4.69) is 16.6 Å². The van der Waals surface area contributed by atoms with Gasteiger partial charge < -0.3 is 9.87 Å². The molecule has 0 radical (unpaired) electrons. The molecule has 0 bridgehead atoms. The third-order valence-corrected chi connectivity index (χ3v) is 5.23. The van der Waals surface area contributed by atoms with E-state index in [1.807, 2.05) is 75.4 Å². The van der Waals surface area contributed by atoms with Crippen molar-refractivity contribution in [2.45, 2.75) is 32.6 Å². The minimum absolute atomic E-state index is 0.151. The highest BCUT2D eigenvalue weighted by Crippen LogP contribution is 2.26. The molecule has 2 aromatic carbocycles. The number of rotatable bonds is 7. The number of amides is 1. The quantitative estimate of drug-likeness (QED) is 0.510. The predicted molar refractivity (Wildman–Crippen MR) is 118 cm³/mol. The van der Waals surface area contributed by atoms with Gasteiger partial charge in [0.25, 0.3) is 0 Å². The first kappa shape index (κ1) is 21.5. The standard InChI is InChI=1S/C23H26N2O2S/c1-6-19(14-21(7-2)24-18(5)26)20-12-11-17(4)23(15-20)25-28(27)22-10-8-9-16(3)13-22/h6-15,25H,2H2,1,3-5H3,(H,24,26)/b19-6+,21-14+. The molecule has 0 fully saturated rings. The fourth-order valence-corrected chi connectivity index (χ4v) is 3.68. The number of allylic oxidation sites excluding steroid dienone is 4. The SMILES string of the molecule is C=C/C(=C\C(=C/C)c1ccc(C)c(N[S+]([O-])c2cccc(C)c2)c1)NC(C)=O. The fourth-order valence-electron chi connectivity index (χ4n) is 2.65. The summed E-state index contributed by atoms with van der Waals surface area (Å²) in [5.41, 5.74) is 5.35. The van der Waals surface area contributed by atoms with Gasteiger partial charge in [-0.2, -0.15) is 0 Å². The number of carbonyl (C=O) groups is 1. The van der Waals surface area contributed by atoms with Crippen molar-refractivity contribution in [3.05, 3.63) is 89.7 Å². The first-order valence-electron chi connectivity index (χ1n) is 8.98. The predicted octanol–water partition coefficient (Wildman–Crippen LogP) is 5.05. The van der Waals surface area contributed by atoms with Gasteiger partial charge in [-0.3, -0.25) is 4.79 Å². The maximum absolute atomic E-state index is 12.7. The summed E-state index contributed by atoms with van der Waals surface area (Å²) in [4.78, 5) is 12.1. The van der Waals surface area contributed by atoms with E-state index in [4.69, 9.17) is 0 Å². The molecule has 1 unspecified atom stereocenters. The Hall–Kier alpha value is -2.76. The number of hydrogen-bond acceptors (Lipinski definition) is 3. The topological polar surface area (TPSA) is 64.2 Å². The van der Waals surface area contributed by atoms with E-state index in [-0.39, 0.29) is 5.91 Å². The summed E-state index contributed by atoms with van der Waals surface area (Å²) in [5, 5.41) is 2.75. The number of nitrogens with one attached hydrogen (secondary N) is 2. The molecule has 28 heavy (non-hydrogen) atoms. The number of carbonyl (C=O) groups excluding carboxylic acids is 1. The number of hydrogen-bond donors (Lipinski definition) is 2. The first-order valence-corrected chi connectivity index (χ1v) is 10.1. The van der Waals surface area contributed by atoms with E-state index >= 15 is 0 Å². The van der Waals surface area contributed by atoms with E-state index < -0.39 is 11.4 Å². The molecule has 1 atom stereocenters. The van der Waals surface area contributed by atoms with Crippen molar-refractivity contribution in [1.29, 1.82) is 0 Å². The van der Waals surface area contributed by atoms with E-state index in [0.29, 0.717) is 5.70 Å². The molecule has 5 heteroatoms. The molecule has 0 saturated carbocycles. The highest BCUT2D eigenvalue weighted by atomic mass is 32.2. The van der Waals surface area contributed by atoms with Crippen LogP contribution in [-0.2, 0) is 16.2 Å². The van der Waals surface area contributed by atoms with Crippen molar-refractivity contribution in [2.75, 3.05) is 4.72 Å². The lowest BCUT2D eigenvalue weighted by atomic mass is 10.0. The van der Waals surface area contributed by atoms with Gasteiger partial charge in [-0.15, -0.1) is 0 Å². The Morgan fingerprint density at radius 1 is 1.18 bits per heavy atom. The summed E-state index contributed by atoms with van der Waals surface area (Å²) in [6.45, 7) is 11.1. The highest BCUT2D eigenvalue weighted by molar-refractivity contribution is 7.92. The summed E-state index contributed by atoms with van der Waals surface area (Å²) in [6, 6.07) is 13.6. The molecule has 2 aromatic rings. The van der Waals surface area contributed by atoms with Gasteiger partial charge >= 0.3 is 0 Å². The lowest BCUT2D eigenvalue weighted by Gasteiger charge is -2.15. The molecule has 4 nitrogen and oxygen atoms in total. The Morgan fingerprint density at radius 3 is 2.54 bits per heavy atom. The zero-order valence-electron chi connectivity index (χ0n) is 16.7. The summed E-state index contributed by atoms with van der Waals surface area (Å²) in [7, 11) is 0. The van der Waals surface area contributed by atoms with Crippen molar-refractivity contribution in [1.82, 2.24) is 5.32 Å². The van der Waals surface area contributed by atoms with Gasteiger partial charge in [-0.25, -0.2) is 4.72 Å². The van der Waals surface area contributed by atoms with Gasteiger partial charge in [0.1, 0.15) is 11.4 Å². The largest absolute Gasteiger partial charge is 0.588 e. The van der Waals surface area contributed by atoms with Gasteiger partial charge in [0, 0.05) is 12.6 Å². The number of benzene rings is 2. The van der Waals surface area contributed by atoms with Crippen molar-refractivity contribution in [3.8, 4) is 0 Å². The van der Waals surface area contributed by atoms with Crippen LogP contribution in [0.3, 0.4) is 0 Å². The van der Waals surface area contributed by atoms with Crippen LogP contribution in [0, 0.1) is 13.8 Å². The second-order valence-electron chi connectivity index (χ2n) is 6.45. The van der Waals surface area contributed by atoms with Crippen molar-refractivity contribution in [2.24, 2.45) is 0 Å². The molecule has 1 amide bonds. The smallest absolute Gasteiger partial charge is 0.221 e. The summed E-state index contributed by atoms with van der Waals surface area (Å²) in [5.74, 6) is -0.151. The Bertz CT molecular complexity index is 932. The summed E-state index contributed by atoms with van der Waals surface area (Å²) in [6.07, 6.45) is 5.42. The third-order valence-electron chi connectivity index (χ3n) is 4.14. The van der Waals surface area contributed by atoms with Crippen LogP contribution in [0.2, 0.25) is 0 Å². The third kappa shape index (κ3) is 5.87. The van der Waals surface area contributed by atoms with Gasteiger partial charge in [-0.05, 0) is 73.4 Å². The highest BCUT2D eigenvalue weighted by Gasteiger charge is 2.14. The Kier molecular flexibility index (Phi) is 7.67. The second kappa shape index (κ2) is 9.97. The molecule has 146 valence electrons. The lowest BCUT2D eigenvalue weighted by Crippen LogP contribution is -2.17. The van der Waals surface area contributed by atoms with Gasteiger partial charge in [0.15, 0.2) is 4.90 Å². The van der Waals surface area contributed by atoms with Crippen LogP contribution in [-0.4, -0.2) is 10.5 Å². The molecule has 0 heterocycles. The van der Waals surface area contributed by atoms with Gasteiger partial charge in [0.05, 0.1) is 5.69 Å². The average molecular weight is 395 g/mol. The molecule has 0 aliphatic heterocycles. The molecule has 0 aliphatic rings. The van der Waals surface area contributed by atoms with Crippen LogP contribution < -0.4 is 10.0 Å². The normalized spacial score (nSPS) is 13.0. The zero-order chi connectivity index (χ0) is 20.7. The molecule has 0 saturated heterocycles. The minimum Gasteiger partial charge on any atom is -0.588 e. The molecule has 0 aromatic heterocycles. The zero-order valence-corrected chi connectivity index (χ0v) is 17.5. The van der Waals surface area contributed by atoms with Crippen molar-refractivity contribution >= 4 is 28.5 Å². The molecule has 0 spiro atoms. The molecule has 2 rings (SSSR count). The van der Waals surface area contributed by atoms with E-state index in [9.17, 15) is 9.35 Å². The monoisotopic (exact) mass is 394 g/mol. The van der Waals surface area contributed by atoms with Crippen LogP contribution in [0.5, 0.6) is 0 Å². The van der Waals surface area contributed by atoms with Crippen LogP contribution >= 0.6 is 0 Å². The fraction of sp³-hybridized carbons (Fsp3) is 0.174. The first-order chi connectivity index (χ1) is 13.3. The lowest BCUT2D eigenvalue weighted by molar-refractivity contribution is -0.118. The average Bonchev–Trinajstić information content (AvgIpc) is 2.66. The maximum atomic E-state index is 12.7. The maximum Gasteiger partial charge on any atom is 0.221 e. The van der Waals surface area contributed by atoms with E-state index in [1.165, 1.54) is 6.92 Å². The molecule has 0 aliphatic carbocycles. The summed E-state index contributed by atoms with van der Waals surface area (Å²) >= 11 is -1.36. The number of anilines is 1. The van der Waals surface area contributed by atoms with Crippen LogP contribution in [0.25, 0.3) is 5.57 Å². The molecular formula is C23H26N2O2S. The van der Waals surface area contributed by atoms with Crippen molar-refractivity contribution in [3.63, 3.8) is 0 Å². The van der Waals surface area contributed by atoms with Crippen LogP contribution in [0.15, 0.2) is 77.9 Å². The van der Waals surface area contributed by atoms with Gasteiger partial charge in [0.2, 0.25) is 5.91 Å². The van der Waals surface area contributed by atoms with Crippen molar-refractivity contribution < 1.29 is 9.35 Å². The Labute approximate surface area is 170 Å². The van der Waals surface area contributed by atoms with E-state index in [1.54, 1.807) is 6.08 Å². The second-order valence-corrected chi connectivity index (χ2v) is 7.66. The number of aryl methyl sites for hydroxylation is 2. The van der Waals surface area contributed by atoms with E-state index in [0.717, 1.165) is 32.8 Å². The van der Waals surface area contributed by atoms with Crippen LogP contribution in [0.4, 0.5) is 5.69 Å². The minimum atomic E-state index is -1.36. The Morgan fingerprint density at radius 2 is 1.93 bits per heavy atom. The van der Waals surface area contributed by atoms with Crippen LogP contribution in [0.1, 0.15) is 30.5 Å². The molecular weight excluding hydrogens is 368 g/mol.